The van der Waals surface area contributed by atoms with Crippen LogP contribution in [0, 0.1) is 0 Å². The summed E-state index contributed by atoms with van der Waals surface area (Å²) in [6.45, 7) is 1.81. The molecule has 76 valence electrons. The molecule has 6 nitrogen and oxygen atoms in total. The van der Waals surface area contributed by atoms with Crippen molar-refractivity contribution in [1.82, 2.24) is 0 Å². The fourth-order valence-electron chi connectivity index (χ4n) is 0.245. The number of carboxylic acids is 1. The van der Waals surface area contributed by atoms with E-state index in [-0.39, 0.29) is 88.7 Å². The van der Waals surface area contributed by atoms with E-state index >= 15 is 0 Å². The van der Waals surface area contributed by atoms with E-state index in [4.69, 9.17) is 19.2 Å². The Hall–Kier alpha value is 2.01. The molecule has 10 heteroatoms. The molecule has 0 heterocycles. The third-order valence-corrected chi connectivity index (χ3v) is 0.536. The monoisotopic (exact) mass is 274 g/mol. The van der Waals surface area contributed by atoms with Crippen LogP contribution in [0.4, 0.5) is 0 Å². The van der Waals surface area contributed by atoms with Crippen molar-refractivity contribution in [3.8, 4) is 0 Å². The van der Waals surface area contributed by atoms with E-state index < -0.39 is 15.0 Å². The van der Waals surface area contributed by atoms with Gasteiger partial charge in [-0.2, -0.15) is 0 Å². The maximum atomic E-state index is 9.64. The SMILES string of the molecule is C/C=C/C=C/C(=O)[O-].[Na+].[Na+].[Na+].[O-][Si]([O-])(O)O. The van der Waals surface area contributed by atoms with Gasteiger partial charge in [-0.1, -0.05) is 18.2 Å². The number of aliphatic carboxylic acids is 1. The fraction of sp³-hybridized carbons (Fsp3) is 0.167. The van der Waals surface area contributed by atoms with E-state index in [1.165, 1.54) is 6.08 Å². The molecule has 0 saturated carbocycles. The molecule has 0 aliphatic carbocycles. The molecular formula is C6H9Na3O6Si. The largest absolute Gasteiger partial charge is 1.00 e. The minimum Gasteiger partial charge on any atom is -0.828 e. The van der Waals surface area contributed by atoms with Crippen molar-refractivity contribution in [2.24, 2.45) is 0 Å². The summed E-state index contributed by atoms with van der Waals surface area (Å²) < 4.78 is 0. The zero-order valence-corrected chi connectivity index (χ0v) is 16.8. The first-order valence-electron chi connectivity index (χ1n) is 3.13. The molecule has 0 aromatic heterocycles. The molecule has 0 rings (SSSR count). The summed E-state index contributed by atoms with van der Waals surface area (Å²) in [6, 6.07) is 0. The van der Waals surface area contributed by atoms with E-state index in [2.05, 4.69) is 0 Å². The van der Waals surface area contributed by atoms with Gasteiger partial charge in [0, 0.05) is 0 Å². The molecule has 0 aromatic carbocycles. The second-order valence-corrected chi connectivity index (χ2v) is 2.85. The summed E-state index contributed by atoms with van der Waals surface area (Å²) in [4.78, 5) is 41.4. The predicted molar refractivity (Wildman–Crippen MR) is 39.2 cm³/mol. The van der Waals surface area contributed by atoms with Gasteiger partial charge in [0.2, 0.25) is 0 Å². The molecule has 0 aliphatic rings. The van der Waals surface area contributed by atoms with Crippen LogP contribution in [0.2, 0.25) is 0 Å². The van der Waals surface area contributed by atoms with Crippen molar-refractivity contribution in [2.75, 3.05) is 0 Å². The Morgan fingerprint density at radius 2 is 1.44 bits per heavy atom. The zero-order chi connectivity index (χ0) is 10.9. The number of rotatable bonds is 2. The van der Waals surface area contributed by atoms with E-state index in [1.807, 2.05) is 0 Å². The van der Waals surface area contributed by atoms with Crippen LogP contribution in [0.3, 0.4) is 0 Å². The Bertz CT molecular complexity index is 197. The van der Waals surface area contributed by atoms with Gasteiger partial charge >= 0.3 is 88.7 Å². The summed E-state index contributed by atoms with van der Waals surface area (Å²) in [5.74, 6) is -1.16. The first-order valence-corrected chi connectivity index (χ1v) is 4.84. The Kier molecular flexibility index (Phi) is 37.2. The second-order valence-electron chi connectivity index (χ2n) is 1.75. The molecule has 0 spiro atoms. The Labute approximate surface area is 161 Å². The average molecular weight is 274 g/mol. The maximum Gasteiger partial charge on any atom is 1.00 e. The van der Waals surface area contributed by atoms with E-state index in [0.717, 1.165) is 6.08 Å². The van der Waals surface area contributed by atoms with E-state index in [1.54, 1.807) is 19.1 Å². The van der Waals surface area contributed by atoms with Gasteiger partial charge in [0.1, 0.15) is 9.05 Å². The summed E-state index contributed by atoms with van der Waals surface area (Å²) in [7, 11) is -5.11. The van der Waals surface area contributed by atoms with Crippen LogP contribution in [0.15, 0.2) is 24.3 Å². The molecule has 16 heavy (non-hydrogen) atoms. The van der Waals surface area contributed by atoms with Crippen LogP contribution in [-0.4, -0.2) is 24.6 Å². The van der Waals surface area contributed by atoms with Crippen LogP contribution >= 0.6 is 0 Å². The maximum absolute atomic E-state index is 9.64. The number of allylic oxidation sites excluding steroid dienone is 3. The molecule has 0 fully saturated rings. The molecule has 0 aromatic rings. The normalized spacial score (nSPS) is 9.31. The minimum absolute atomic E-state index is 0. The minimum atomic E-state index is -5.11. The van der Waals surface area contributed by atoms with E-state index in [0.29, 0.717) is 0 Å². The van der Waals surface area contributed by atoms with Crippen molar-refractivity contribution in [3.63, 3.8) is 0 Å². The smallest absolute Gasteiger partial charge is 0.828 e. The molecule has 0 atom stereocenters. The van der Waals surface area contributed by atoms with Gasteiger partial charge in [-0.25, -0.2) is 0 Å². The number of hydrogen-bond acceptors (Lipinski definition) is 6. The van der Waals surface area contributed by atoms with Crippen LogP contribution in [0.1, 0.15) is 6.92 Å². The molecule has 2 N–H and O–H groups in total. The molecule has 0 aliphatic heterocycles. The van der Waals surface area contributed by atoms with Crippen LogP contribution in [-0.2, 0) is 4.79 Å². The molecule has 0 amide bonds. The number of carboxylic acid groups (broad SMARTS) is 1. The van der Waals surface area contributed by atoms with E-state index in [9.17, 15) is 9.90 Å². The van der Waals surface area contributed by atoms with Gasteiger partial charge in [-0.05, 0) is 13.0 Å². The summed E-state index contributed by atoms with van der Waals surface area (Å²) in [5, 5.41) is 9.64. The van der Waals surface area contributed by atoms with Crippen LogP contribution in [0.5, 0.6) is 0 Å². The molecule has 0 saturated heterocycles. The average Bonchev–Trinajstić information content (AvgIpc) is 1.83. The Morgan fingerprint density at radius 3 is 1.62 bits per heavy atom. The third-order valence-electron chi connectivity index (χ3n) is 0.536. The second kappa shape index (κ2) is 19.3. The van der Waals surface area contributed by atoms with Crippen molar-refractivity contribution >= 4 is 15.0 Å². The fourth-order valence-corrected chi connectivity index (χ4v) is 0.245. The Morgan fingerprint density at radius 1 is 1.12 bits per heavy atom. The summed E-state index contributed by atoms with van der Waals surface area (Å²) >= 11 is 0. The van der Waals surface area contributed by atoms with Gasteiger partial charge < -0.3 is 29.1 Å². The van der Waals surface area contributed by atoms with Crippen LogP contribution in [0.25, 0.3) is 0 Å². The first-order chi connectivity index (χ1) is 5.77. The van der Waals surface area contributed by atoms with Gasteiger partial charge in [-0.3, -0.25) is 0 Å². The van der Waals surface area contributed by atoms with Crippen molar-refractivity contribution in [2.45, 2.75) is 6.92 Å². The molecular weight excluding hydrogens is 265 g/mol. The molecule has 0 unspecified atom stereocenters. The van der Waals surface area contributed by atoms with Gasteiger partial charge in [0.25, 0.3) is 0 Å². The first kappa shape index (κ1) is 30.8. The van der Waals surface area contributed by atoms with Crippen molar-refractivity contribution in [3.05, 3.63) is 24.3 Å². The van der Waals surface area contributed by atoms with Crippen molar-refractivity contribution < 1.29 is 118 Å². The predicted octanol–water partition coefficient (Wildman–Crippen LogP) is -13.0. The zero-order valence-electron chi connectivity index (χ0n) is 9.84. The number of carbonyl (C=O) groups is 1. The quantitative estimate of drug-likeness (QED) is 0.292. The van der Waals surface area contributed by atoms with Crippen LogP contribution < -0.4 is 103 Å². The standard InChI is InChI=1S/C6H8O2.3Na.H2O4Si/c1-2-3-4-5-6(7)8;;;;1-5(2,3)4/h2-5H,1H3,(H,7,8);;;;1-2H/q;3*+1;-2/p-1/b3-2+,5-4+;;;;. The number of hydrogen-bond donors (Lipinski definition) is 2. The third kappa shape index (κ3) is 73.4. The molecule has 0 bridgehead atoms. The number of carbonyl (C=O) groups excluding carboxylic acids is 1. The van der Waals surface area contributed by atoms with Gasteiger partial charge in [-0.15, -0.1) is 0 Å². The Balaban J connectivity index is -0.0000000454. The van der Waals surface area contributed by atoms with Crippen molar-refractivity contribution in [1.29, 1.82) is 0 Å². The van der Waals surface area contributed by atoms with Gasteiger partial charge in [0.05, 0.1) is 5.97 Å². The van der Waals surface area contributed by atoms with Gasteiger partial charge in [0.15, 0.2) is 0 Å². The molecule has 0 radical (unpaired) electrons. The summed E-state index contributed by atoms with van der Waals surface area (Å²) in [5.41, 5.74) is 0. The summed E-state index contributed by atoms with van der Waals surface area (Å²) in [6.07, 6.45) is 5.74. The topological polar surface area (TPSA) is 127 Å².